The standard InChI is InChI=1S/C21H16ClN3OS/c1-13-12-27-20(24-13)10-19(26)25-23-11-18-14-6-2-4-8-16(14)21(22)17-9-5-3-7-15(17)18/h2-9,11-12H,10H2,1H3,(H,25,26)/b23-11+. The van der Waals surface area contributed by atoms with Gasteiger partial charge in [-0.15, -0.1) is 11.3 Å². The SMILES string of the molecule is Cc1csc(CC(=O)N/N=C/c2c3ccccc3c(Cl)c3ccccc23)n1. The number of benzene rings is 3. The summed E-state index contributed by atoms with van der Waals surface area (Å²) in [7, 11) is 0. The van der Waals surface area contributed by atoms with Crippen molar-refractivity contribution in [2.75, 3.05) is 0 Å². The first-order valence-electron chi connectivity index (χ1n) is 8.45. The summed E-state index contributed by atoms with van der Waals surface area (Å²) >= 11 is 8.08. The first-order valence-corrected chi connectivity index (χ1v) is 9.71. The van der Waals surface area contributed by atoms with E-state index in [1.54, 1.807) is 6.21 Å². The number of hydrazone groups is 1. The molecule has 1 aromatic heterocycles. The number of carbonyl (C=O) groups is 1. The molecule has 134 valence electrons. The van der Waals surface area contributed by atoms with Gasteiger partial charge in [0, 0.05) is 27.4 Å². The molecule has 0 aliphatic carbocycles. The Kier molecular flexibility index (Phi) is 4.88. The zero-order valence-electron chi connectivity index (χ0n) is 14.6. The van der Waals surface area contributed by atoms with Gasteiger partial charge in [-0.25, -0.2) is 10.4 Å². The fraction of sp³-hybridized carbons (Fsp3) is 0.0952. The first-order chi connectivity index (χ1) is 13.1. The Labute approximate surface area is 165 Å². The number of aromatic nitrogens is 1. The van der Waals surface area contributed by atoms with E-state index in [9.17, 15) is 4.79 Å². The molecule has 3 aromatic carbocycles. The summed E-state index contributed by atoms with van der Waals surface area (Å²) in [5.41, 5.74) is 4.45. The molecule has 0 spiro atoms. The van der Waals surface area contributed by atoms with E-state index < -0.39 is 0 Å². The fourth-order valence-corrected chi connectivity index (χ4v) is 4.18. The van der Waals surface area contributed by atoms with E-state index in [-0.39, 0.29) is 12.3 Å². The second kappa shape index (κ2) is 7.47. The van der Waals surface area contributed by atoms with Crippen molar-refractivity contribution in [1.29, 1.82) is 0 Å². The highest BCUT2D eigenvalue weighted by Gasteiger charge is 2.11. The predicted octanol–water partition coefficient (Wildman–Crippen LogP) is 5.10. The van der Waals surface area contributed by atoms with Crippen molar-refractivity contribution >= 4 is 56.6 Å². The van der Waals surface area contributed by atoms with Crippen LogP contribution >= 0.6 is 22.9 Å². The molecule has 4 nitrogen and oxygen atoms in total. The molecule has 0 fully saturated rings. The monoisotopic (exact) mass is 393 g/mol. The molecule has 4 rings (SSSR count). The van der Waals surface area contributed by atoms with Gasteiger partial charge in [0.2, 0.25) is 5.91 Å². The Balaban J connectivity index is 1.67. The van der Waals surface area contributed by atoms with Crippen LogP contribution in [0.2, 0.25) is 5.02 Å². The van der Waals surface area contributed by atoms with Crippen LogP contribution in [0.15, 0.2) is 59.0 Å². The normalized spacial score (nSPS) is 11.5. The molecule has 0 atom stereocenters. The predicted molar refractivity (Wildman–Crippen MR) is 113 cm³/mol. The molecule has 6 heteroatoms. The van der Waals surface area contributed by atoms with Crippen LogP contribution in [0.1, 0.15) is 16.3 Å². The van der Waals surface area contributed by atoms with Crippen LogP contribution in [0, 0.1) is 6.92 Å². The van der Waals surface area contributed by atoms with Crippen LogP contribution in [0.25, 0.3) is 21.5 Å². The number of hydrogen-bond acceptors (Lipinski definition) is 4. The molecule has 0 bridgehead atoms. The molecule has 0 aliphatic rings. The van der Waals surface area contributed by atoms with Crippen molar-refractivity contribution in [3.63, 3.8) is 0 Å². The molecule has 0 aliphatic heterocycles. The molecule has 4 aromatic rings. The average Bonchev–Trinajstić information content (AvgIpc) is 3.09. The van der Waals surface area contributed by atoms with Crippen molar-refractivity contribution in [1.82, 2.24) is 10.4 Å². The third kappa shape index (κ3) is 3.56. The smallest absolute Gasteiger partial charge is 0.246 e. The molecule has 1 N–H and O–H groups in total. The third-order valence-corrected chi connectivity index (χ3v) is 5.64. The minimum atomic E-state index is -0.192. The minimum absolute atomic E-state index is 0.192. The molecule has 1 heterocycles. The lowest BCUT2D eigenvalue weighted by molar-refractivity contribution is -0.120. The van der Waals surface area contributed by atoms with E-state index in [4.69, 9.17) is 11.6 Å². The maximum absolute atomic E-state index is 12.1. The zero-order valence-corrected chi connectivity index (χ0v) is 16.1. The lowest BCUT2D eigenvalue weighted by Gasteiger charge is -2.10. The topological polar surface area (TPSA) is 54.4 Å². The zero-order chi connectivity index (χ0) is 18.8. The molecule has 0 radical (unpaired) electrons. The van der Waals surface area contributed by atoms with Crippen LogP contribution in [0.4, 0.5) is 0 Å². The average molecular weight is 394 g/mol. The van der Waals surface area contributed by atoms with Gasteiger partial charge >= 0.3 is 0 Å². The second-order valence-electron chi connectivity index (χ2n) is 6.17. The number of carbonyl (C=O) groups excluding carboxylic acids is 1. The van der Waals surface area contributed by atoms with Crippen LogP contribution in [-0.4, -0.2) is 17.1 Å². The Morgan fingerprint density at radius 2 is 1.70 bits per heavy atom. The summed E-state index contributed by atoms with van der Waals surface area (Å²) in [5.74, 6) is -0.192. The van der Waals surface area contributed by atoms with Crippen molar-refractivity contribution in [3.05, 3.63) is 75.2 Å². The molecule has 1 amide bonds. The van der Waals surface area contributed by atoms with Crippen LogP contribution < -0.4 is 5.43 Å². The quantitative estimate of drug-likeness (QED) is 0.298. The first kappa shape index (κ1) is 17.6. The summed E-state index contributed by atoms with van der Waals surface area (Å²) in [6, 6.07) is 15.9. The number of thiazole rings is 1. The van der Waals surface area contributed by atoms with Gasteiger partial charge in [-0.05, 0) is 17.7 Å². The summed E-state index contributed by atoms with van der Waals surface area (Å²) in [4.78, 5) is 16.4. The summed E-state index contributed by atoms with van der Waals surface area (Å²) < 4.78 is 0. The van der Waals surface area contributed by atoms with E-state index in [0.29, 0.717) is 0 Å². The van der Waals surface area contributed by atoms with E-state index in [2.05, 4.69) is 15.5 Å². The Morgan fingerprint density at radius 1 is 1.11 bits per heavy atom. The van der Waals surface area contributed by atoms with Gasteiger partial charge in [0.05, 0.1) is 17.7 Å². The number of hydrogen-bond donors (Lipinski definition) is 1. The van der Waals surface area contributed by atoms with Crippen LogP contribution in [-0.2, 0) is 11.2 Å². The van der Waals surface area contributed by atoms with Crippen LogP contribution in [0.5, 0.6) is 0 Å². The highest BCUT2D eigenvalue weighted by atomic mass is 35.5. The summed E-state index contributed by atoms with van der Waals surface area (Å²) in [5, 5.41) is 11.5. The molecule has 27 heavy (non-hydrogen) atoms. The minimum Gasteiger partial charge on any atom is -0.273 e. The van der Waals surface area contributed by atoms with Crippen molar-refractivity contribution in [3.8, 4) is 0 Å². The summed E-state index contributed by atoms with van der Waals surface area (Å²) in [6.45, 7) is 1.91. The molecule has 0 unspecified atom stereocenters. The number of halogens is 1. The van der Waals surface area contributed by atoms with E-state index in [1.807, 2.05) is 60.8 Å². The van der Waals surface area contributed by atoms with E-state index in [0.717, 1.165) is 42.8 Å². The molecule has 0 saturated carbocycles. The van der Waals surface area contributed by atoms with E-state index in [1.165, 1.54) is 11.3 Å². The lowest BCUT2D eigenvalue weighted by atomic mass is 9.97. The largest absolute Gasteiger partial charge is 0.273 e. The maximum Gasteiger partial charge on any atom is 0.246 e. The Hall–Kier alpha value is -2.76. The third-order valence-electron chi connectivity index (χ3n) is 4.27. The molecular weight excluding hydrogens is 378 g/mol. The fourth-order valence-electron chi connectivity index (χ4n) is 3.08. The van der Waals surface area contributed by atoms with Gasteiger partial charge in [0.15, 0.2) is 0 Å². The number of nitrogens with zero attached hydrogens (tertiary/aromatic N) is 2. The van der Waals surface area contributed by atoms with Crippen molar-refractivity contribution in [2.24, 2.45) is 5.10 Å². The number of aryl methyl sites for hydroxylation is 1. The maximum atomic E-state index is 12.1. The molecule has 0 saturated heterocycles. The van der Waals surface area contributed by atoms with Gasteiger partial charge in [-0.2, -0.15) is 5.10 Å². The number of amides is 1. The Bertz CT molecular complexity index is 1130. The van der Waals surface area contributed by atoms with Crippen molar-refractivity contribution in [2.45, 2.75) is 13.3 Å². The number of nitrogens with one attached hydrogen (secondary N) is 1. The van der Waals surface area contributed by atoms with Crippen LogP contribution in [0.3, 0.4) is 0 Å². The van der Waals surface area contributed by atoms with Gasteiger partial charge < -0.3 is 0 Å². The van der Waals surface area contributed by atoms with Crippen molar-refractivity contribution < 1.29 is 4.79 Å². The highest BCUT2D eigenvalue weighted by Crippen LogP contribution is 2.35. The van der Waals surface area contributed by atoms with E-state index >= 15 is 0 Å². The molecular formula is C21H16ClN3OS. The van der Waals surface area contributed by atoms with Gasteiger partial charge in [-0.1, -0.05) is 60.1 Å². The second-order valence-corrected chi connectivity index (χ2v) is 7.49. The number of rotatable bonds is 4. The van der Waals surface area contributed by atoms with Gasteiger partial charge in [0.25, 0.3) is 0 Å². The Morgan fingerprint density at radius 3 is 2.26 bits per heavy atom. The lowest BCUT2D eigenvalue weighted by Crippen LogP contribution is -2.19. The number of fused-ring (bicyclic) bond motifs is 2. The van der Waals surface area contributed by atoms with Gasteiger partial charge in [-0.3, -0.25) is 4.79 Å². The van der Waals surface area contributed by atoms with Gasteiger partial charge in [0.1, 0.15) is 5.01 Å². The highest BCUT2D eigenvalue weighted by molar-refractivity contribution is 7.09. The summed E-state index contributed by atoms with van der Waals surface area (Å²) in [6.07, 6.45) is 1.91.